The summed E-state index contributed by atoms with van der Waals surface area (Å²) in [5.74, 6) is -0.562. The van der Waals surface area contributed by atoms with Crippen LogP contribution in [0.5, 0.6) is 5.75 Å². The van der Waals surface area contributed by atoms with Gasteiger partial charge in [-0.05, 0) is 31.4 Å². The molecule has 4 aliphatic rings. The molecular formula is C18H22ClFN4O3. The van der Waals surface area contributed by atoms with Crippen molar-refractivity contribution < 1.29 is 18.7 Å². The number of carbonyl (C=O) groups is 2. The molecule has 0 spiro atoms. The molecule has 2 amide bonds. The molecule has 0 aromatic heterocycles. The number of ether oxygens (including phenoxy) is 1. The van der Waals surface area contributed by atoms with Crippen molar-refractivity contribution in [2.24, 2.45) is 5.92 Å². The molecule has 146 valence electrons. The van der Waals surface area contributed by atoms with Crippen LogP contribution in [0.25, 0.3) is 0 Å². The third kappa shape index (κ3) is 3.61. The van der Waals surface area contributed by atoms with Gasteiger partial charge in [-0.2, -0.15) is 0 Å². The van der Waals surface area contributed by atoms with Crippen molar-refractivity contribution in [3.8, 4) is 5.75 Å². The monoisotopic (exact) mass is 396 g/mol. The summed E-state index contributed by atoms with van der Waals surface area (Å²) < 4.78 is 18.7. The highest BCUT2D eigenvalue weighted by Crippen LogP contribution is 2.60. The van der Waals surface area contributed by atoms with Gasteiger partial charge in [-0.3, -0.25) is 15.0 Å². The van der Waals surface area contributed by atoms with Crippen molar-refractivity contribution in [2.75, 3.05) is 26.7 Å². The van der Waals surface area contributed by atoms with Gasteiger partial charge >= 0.3 is 0 Å². The Kier molecular flexibility index (Phi) is 4.52. The average Bonchev–Trinajstić information content (AvgIpc) is 2.99. The molecule has 5 rings (SSSR count). The van der Waals surface area contributed by atoms with E-state index in [-0.39, 0.29) is 46.2 Å². The lowest BCUT2D eigenvalue weighted by Crippen LogP contribution is -2.84. The van der Waals surface area contributed by atoms with E-state index in [1.54, 1.807) is 0 Å². The van der Waals surface area contributed by atoms with E-state index in [2.05, 4.69) is 16.1 Å². The van der Waals surface area contributed by atoms with E-state index >= 15 is 0 Å². The van der Waals surface area contributed by atoms with Crippen molar-refractivity contribution in [3.05, 3.63) is 29.0 Å². The lowest BCUT2D eigenvalue weighted by molar-refractivity contribution is -0.152. The van der Waals surface area contributed by atoms with Crippen LogP contribution in [0.4, 0.5) is 4.39 Å². The Morgan fingerprint density at radius 2 is 2.04 bits per heavy atom. The fraction of sp³-hybridized carbons (Fsp3) is 0.556. The number of amides is 2. The number of nitrogens with one attached hydrogen (secondary N) is 3. The minimum absolute atomic E-state index is 0.00745. The minimum Gasteiger partial charge on any atom is -0.484 e. The number of carbonyl (C=O) groups excluding carboxylic acids is 2. The molecule has 1 aromatic carbocycles. The molecule has 3 N–H and O–H groups in total. The maximum atomic E-state index is 13.4. The first kappa shape index (κ1) is 18.5. The summed E-state index contributed by atoms with van der Waals surface area (Å²) in [5.41, 5.74) is 2.70. The van der Waals surface area contributed by atoms with Gasteiger partial charge in [-0.1, -0.05) is 11.6 Å². The number of hydrogen-bond acceptors (Lipinski definition) is 5. The molecule has 2 bridgehead atoms. The Labute approximate surface area is 161 Å². The number of halogens is 2. The summed E-state index contributed by atoms with van der Waals surface area (Å²) in [5, 5.41) is 8.04. The number of rotatable bonds is 6. The van der Waals surface area contributed by atoms with Crippen LogP contribution in [-0.4, -0.2) is 54.6 Å². The summed E-state index contributed by atoms with van der Waals surface area (Å²) in [6, 6.07) is 4.05. The second-order valence-electron chi connectivity index (χ2n) is 7.93. The Bertz CT molecular complexity index is 770. The molecule has 1 saturated heterocycles. The zero-order valence-electron chi connectivity index (χ0n) is 15.0. The highest BCUT2D eigenvalue weighted by molar-refractivity contribution is 6.30. The number of hydrogen-bond donors (Lipinski definition) is 3. The topological polar surface area (TPSA) is 82.7 Å². The van der Waals surface area contributed by atoms with E-state index in [9.17, 15) is 14.0 Å². The Hall–Kier alpha value is -1.90. The highest BCUT2D eigenvalue weighted by Gasteiger charge is 2.69. The number of hydrazine groups is 1. The van der Waals surface area contributed by atoms with Gasteiger partial charge in [0.1, 0.15) is 11.6 Å². The van der Waals surface area contributed by atoms with Crippen LogP contribution in [0.15, 0.2) is 18.2 Å². The molecule has 3 aliphatic carbocycles. The van der Waals surface area contributed by atoms with Crippen molar-refractivity contribution in [1.29, 1.82) is 0 Å². The van der Waals surface area contributed by atoms with Crippen molar-refractivity contribution in [3.63, 3.8) is 0 Å². The highest BCUT2D eigenvalue weighted by atomic mass is 35.5. The quantitative estimate of drug-likeness (QED) is 0.663. The maximum absolute atomic E-state index is 13.4. The smallest absolute Gasteiger partial charge is 0.258 e. The predicted molar refractivity (Wildman–Crippen MR) is 96.6 cm³/mol. The zero-order chi connectivity index (χ0) is 19.2. The van der Waals surface area contributed by atoms with Crippen LogP contribution in [0.3, 0.4) is 0 Å². The number of benzene rings is 1. The average molecular weight is 397 g/mol. The summed E-state index contributed by atoms with van der Waals surface area (Å²) in [6.07, 6.45) is 2.22. The third-order valence-electron chi connectivity index (χ3n) is 5.56. The van der Waals surface area contributed by atoms with Crippen LogP contribution in [-0.2, 0) is 9.59 Å². The molecule has 4 fully saturated rings. The molecule has 1 aliphatic heterocycles. The molecule has 7 nitrogen and oxygen atoms in total. The van der Waals surface area contributed by atoms with Crippen LogP contribution < -0.4 is 20.8 Å². The predicted octanol–water partition coefficient (Wildman–Crippen LogP) is 0.832. The van der Waals surface area contributed by atoms with E-state index in [0.29, 0.717) is 13.1 Å². The van der Waals surface area contributed by atoms with E-state index in [1.165, 1.54) is 12.1 Å². The molecule has 9 heteroatoms. The molecule has 3 saturated carbocycles. The van der Waals surface area contributed by atoms with Crippen LogP contribution in [0, 0.1) is 11.7 Å². The van der Waals surface area contributed by atoms with Crippen LogP contribution in [0.2, 0.25) is 5.02 Å². The summed E-state index contributed by atoms with van der Waals surface area (Å²) >= 11 is 5.61. The molecule has 1 unspecified atom stereocenters. The van der Waals surface area contributed by atoms with E-state index in [1.807, 2.05) is 12.1 Å². The van der Waals surface area contributed by atoms with E-state index in [4.69, 9.17) is 16.3 Å². The van der Waals surface area contributed by atoms with Gasteiger partial charge in [-0.15, -0.1) is 0 Å². The fourth-order valence-electron chi connectivity index (χ4n) is 4.37. The van der Waals surface area contributed by atoms with Gasteiger partial charge in [0.15, 0.2) is 6.61 Å². The van der Waals surface area contributed by atoms with Gasteiger partial charge in [0.2, 0.25) is 5.91 Å². The Morgan fingerprint density at radius 1 is 1.33 bits per heavy atom. The lowest BCUT2D eigenvalue weighted by atomic mass is 9.44. The number of nitrogens with zero attached hydrogens (tertiary/aromatic N) is 1. The largest absolute Gasteiger partial charge is 0.484 e. The first-order valence-electron chi connectivity index (χ1n) is 8.94. The zero-order valence-corrected chi connectivity index (χ0v) is 15.7. The Balaban J connectivity index is 1.20. The van der Waals surface area contributed by atoms with Crippen molar-refractivity contribution in [2.45, 2.75) is 30.3 Å². The first-order chi connectivity index (χ1) is 12.8. The molecule has 1 heterocycles. The molecular weight excluding hydrogens is 375 g/mol. The van der Waals surface area contributed by atoms with E-state index in [0.717, 1.165) is 25.3 Å². The minimum atomic E-state index is -0.588. The molecule has 1 atom stereocenters. The summed E-state index contributed by atoms with van der Waals surface area (Å²) in [7, 11) is 1.92. The van der Waals surface area contributed by atoms with Gasteiger partial charge in [0.25, 0.3) is 5.91 Å². The van der Waals surface area contributed by atoms with Gasteiger partial charge in [-0.25, -0.2) is 9.40 Å². The van der Waals surface area contributed by atoms with E-state index < -0.39 is 5.82 Å². The molecule has 27 heavy (non-hydrogen) atoms. The summed E-state index contributed by atoms with van der Waals surface area (Å²) in [6.45, 7) is 1.16. The summed E-state index contributed by atoms with van der Waals surface area (Å²) in [4.78, 5) is 24.5. The lowest BCUT2D eigenvalue weighted by Gasteiger charge is -2.70. The first-order valence-corrected chi connectivity index (χ1v) is 9.32. The molecule has 0 radical (unpaired) electrons. The van der Waals surface area contributed by atoms with Crippen LogP contribution in [0.1, 0.15) is 19.3 Å². The normalized spacial score (nSPS) is 31.6. The van der Waals surface area contributed by atoms with Crippen molar-refractivity contribution in [1.82, 2.24) is 21.1 Å². The third-order valence-corrected chi connectivity index (χ3v) is 5.86. The SMILES string of the molecule is CN1CC(C(=O)NC23CC(NC(=O)COc4ccc(Cl)c(F)c4)(C2)C3)CN1. The fourth-order valence-corrected chi connectivity index (χ4v) is 4.48. The molecule has 1 aromatic rings. The van der Waals surface area contributed by atoms with Gasteiger partial charge < -0.3 is 15.4 Å². The van der Waals surface area contributed by atoms with Gasteiger partial charge in [0.05, 0.1) is 10.9 Å². The van der Waals surface area contributed by atoms with Gasteiger partial charge in [0, 0.05) is 37.3 Å². The second-order valence-corrected chi connectivity index (χ2v) is 8.34. The maximum Gasteiger partial charge on any atom is 0.258 e. The van der Waals surface area contributed by atoms with Crippen molar-refractivity contribution >= 4 is 23.4 Å². The standard InChI is InChI=1S/C18H22ClFN4O3/c1-24-6-11(5-21-24)16(26)23-18-8-17(9-18,10-18)22-15(25)7-27-12-2-3-13(19)14(20)4-12/h2-4,11,21H,5-10H2,1H3,(H,22,25)(H,23,26). The second kappa shape index (κ2) is 6.61. The Morgan fingerprint density at radius 3 is 2.67 bits per heavy atom. The van der Waals surface area contributed by atoms with Crippen LogP contribution >= 0.6 is 11.6 Å².